The van der Waals surface area contributed by atoms with Gasteiger partial charge in [-0.1, -0.05) is 48.7 Å². The number of amides is 1. The first-order valence-electron chi connectivity index (χ1n) is 5.52. The van der Waals surface area contributed by atoms with Crippen LogP contribution in [-0.2, 0) is 4.79 Å². The van der Waals surface area contributed by atoms with Crippen molar-refractivity contribution in [3.63, 3.8) is 0 Å². The standard InChI is InChI=1S/C12H15Cl3N2O/c1-6(2)3-10(16)12(18)17-11-5-8(14)7(13)4-9(11)15/h4-6,10H,3,16H2,1-2H3,(H,17,18). The summed E-state index contributed by atoms with van der Waals surface area (Å²) in [4.78, 5) is 11.8. The monoisotopic (exact) mass is 308 g/mol. The van der Waals surface area contributed by atoms with E-state index in [-0.39, 0.29) is 5.91 Å². The van der Waals surface area contributed by atoms with Gasteiger partial charge in [0, 0.05) is 0 Å². The maximum absolute atomic E-state index is 11.8. The molecule has 100 valence electrons. The van der Waals surface area contributed by atoms with E-state index in [1.54, 1.807) is 0 Å². The number of halogens is 3. The number of hydrogen-bond donors (Lipinski definition) is 2. The van der Waals surface area contributed by atoms with Crippen LogP contribution >= 0.6 is 34.8 Å². The second kappa shape index (κ2) is 6.62. The number of anilines is 1. The van der Waals surface area contributed by atoms with Crippen LogP contribution in [0, 0.1) is 5.92 Å². The highest BCUT2D eigenvalue weighted by Gasteiger charge is 2.16. The lowest BCUT2D eigenvalue weighted by molar-refractivity contribution is -0.117. The SMILES string of the molecule is CC(C)CC(N)C(=O)Nc1cc(Cl)c(Cl)cc1Cl. The minimum absolute atomic E-state index is 0.288. The van der Waals surface area contributed by atoms with Gasteiger partial charge in [-0.05, 0) is 24.5 Å². The van der Waals surface area contributed by atoms with E-state index in [1.807, 2.05) is 13.8 Å². The number of carbonyl (C=O) groups excluding carboxylic acids is 1. The van der Waals surface area contributed by atoms with Crippen LogP contribution in [-0.4, -0.2) is 11.9 Å². The lowest BCUT2D eigenvalue weighted by Crippen LogP contribution is -2.36. The zero-order chi connectivity index (χ0) is 13.9. The van der Waals surface area contributed by atoms with Crippen molar-refractivity contribution in [1.82, 2.24) is 0 Å². The molecule has 3 nitrogen and oxygen atoms in total. The summed E-state index contributed by atoms with van der Waals surface area (Å²) in [5.41, 5.74) is 6.18. The van der Waals surface area contributed by atoms with Gasteiger partial charge in [0.05, 0.1) is 26.8 Å². The maximum atomic E-state index is 11.8. The minimum Gasteiger partial charge on any atom is -0.323 e. The topological polar surface area (TPSA) is 55.1 Å². The molecular weight excluding hydrogens is 295 g/mol. The molecular formula is C12H15Cl3N2O. The molecule has 0 saturated carbocycles. The molecule has 0 aliphatic carbocycles. The van der Waals surface area contributed by atoms with Crippen LogP contribution in [0.15, 0.2) is 12.1 Å². The summed E-state index contributed by atoms with van der Waals surface area (Å²) in [6, 6.07) is 2.41. The third-order valence-corrected chi connectivity index (χ3v) is 3.36. The Morgan fingerprint density at radius 3 is 2.33 bits per heavy atom. The van der Waals surface area contributed by atoms with Gasteiger partial charge in [-0.3, -0.25) is 4.79 Å². The number of rotatable bonds is 4. The third-order valence-electron chi connectivity index (χ3n) is 2.33. The first-order chi connectivity index (χ1) is 8.31. The summed E-state index contributed by atoms with van der Waals surface area (Å²) < 4.78 is 0. The van der Waals surface area contributed by atoms with E-state index in [9.17, 15) is 4.79 Å². The molecule has 1 unspecified atom stereocenters. The quantitative estimate of drug-likeness (QED) is 0.827. The van der Waals surface area contributed by atoms with E-state index in [0.717, 1.165) is 0 Å². The zero-order valence-electron chi connectivity index (χ0n) is 10.1. The number of carbonyl (C=O) groups is 1. The van der Waals surface area contributed by atoms with Gasteiger partial charge >= 0.3 is 0 Å². The second-order valence-corrected chi connectivity index (χ2v) is 5.69. The molecule has 1 rings (SSSR count). The van der Waals surface area contributed by atoms with E-state index in [0.29, 0.717) is 33.1 Å². The summed E-state index contributed by atoms with van der Waals surface area (Å²) >= 11 is 17.6. The highest BCUT2D eigenvalue weighted by Crippen LogP contribution is 2.32. The molecule has 0 aromatic heterocycles. The van der Waals surface area contributed by atoms with Crippen molar-refractivity contribution in [2.45, 2.75) is 26.3 Å². The lowest BCUT2D eigenvalue weighted by atomic mass is 10.0. The van der Waals surface area contributed by atoms with Gasteiger partial charge in [-0.2, -0.15) is 0 Å². The Hall–Kier alpha value is -0.480. The highest BCUT2D eigenvalue weighted by atomic mass is 35.5. The van der Waals surface area contributed by atoms with E-state index in [1.165, 1.54) is 12.1 Å². The van der Waals surface area contributed by atoms with Gasteiger partial charge in [-0.15, -0.1) is 0 Å². The lowest BCUT2D eigenvalue weighted by Gasteiger charge is -2.15. The molecule has 0 saturated heterocycles. The summed E-state index contributed by atoms with van der Waals surface area (Å²) in [7, 11) is 0. The Morgan fingerprint density at radius 1 is 1.22 bits per heavy atom. The molecule has 0 radical (unpaired) electrons. The highest BCUT2D eigenvalue weighted by molar-refractivity contribution is 6.44. The first kappa shape index (κ1) is 15.6. The molecule has 0 heterocycles. The summed E-state index contributed by atoms with van der Waals surface area (Å²) in [5.74, 6) is 0.0546. The molecule has 0 bridgehead atoms. The predicted molar refractivity (Wildman–Crippen MR) is 77.5 cm³/mol. The molecule has 18 heavy (non-hydrogen) atoms. The molecule has 1 amide bonds. The fraction of sp³-hybridized carbons (Fsp3) is 0.417. The van der Waals surface area contributed by atoms with Crippen molar-refractivity contribution in [3.8, 4) is 0 Å². The van der Waals surface area contributed by atoms with Crippen molar-refractivity contribution >= 4 is 46.4 Å². The van der Waals surface area contributed by atoms with Crippen LogP contribution in [0.3, 0.4) is 0 Å². The van der Waals surface area contributed by atoms with Gasteiger partial charge in [-0.25, -0.2) is 0 Å². The molecule has 0 aliphatic heterocycles. The van der Waals surface area contributed by atoms with Crippen LogP contribution in [0.25, 0.3) is 0 Å². The fourth-order valence-electron chi connectivity index (χ4n) is 1.46. The fourth-order valence-corrected chi connectivity index (χ4v) is 2.05. The van der Waals surface area contributed by atoms with Crippen molar-refractivity contribution in [1.29, 1.82) is 0 Å². The molecule has 6 heteroatoms. The third kappa shape index (κ3) is 4.32. The Morgan fingerprint density at radius 2 is 1.78 bits per heavy atom. The van der Waals surface area contributed by atoms with Crippen LogP contribution in [0.5, 0.6) is 0 Å². The molecule has 0 fully saturated rings. The summed E-state index contributed by atoms with van der Waals surface area (Å²) in [5, 5.41) is 3.64. The molecule has 1 aromatic carbocycles. The maximum Gasteiger partial charge on any atom is 0.241 e. The van der Waals surface area contributed by atoms with E-state index < -0.39 is 6.04 Å². The van der Waals surface area contributed by atoms with Crippen LogP contribution < -0.4 is 11.1 Å². The number of nitrogens with one attached hydrogen (secondary N) is 1. The van der Waals surface area contributed by atoms with Gasteiger partial charge in [0.15, 0.2) is 0 Å². The van der Waals surface area contributed by atoms with Crippen molar-refractivity contribution in [3.05, 3.63) is 27.2 Å². The van der Waals surface area contributed by atoms with Crippen LogP contribution in [0.1, 0.15) is 20.3 Å². The van der Waals surface area contributed by atoms with E-state index >= 15 is 0 Å². The number of hydrogen-bond acceptors (Lipinski definition) is 2. The molecule has 0 spiro atoms. The Balaban J connectivity index is 2.79. The Labute approximate surface area is 122 Å². The van der Waals surface area contributed by atoms with Crippen molar-refractivity contribution < 1.29 is 4.79 Å². The van der Waals surface area contributed by atoms with E-state index in [4.69, 9.17) is 40.5 Å². The van der Waals surface area contributed by atoms with Crippen molar-refractivity contribution in [2.75, 3.05) is 5.32 Å². The normalized spacial score (nSPS) is 12.6. The minimum atomic E-state index is -0.574. The van der Waals surface area contributed by atoms with Crippen LogP contribution in [0.2, 0.25) is 15.1 Å². The van der Waals surface area contributed by atoms with Crippen molar-refractivity contribution in [2.24, 2.45) is 11.7 Å². The molecule has 3 N–H and O–H groups in total. The smallest absolute Gasteiger partial charge is 0.241 e. The van der Waals surface area contributed by atoms with Gasteiger partial charge in [0.1, 0.15) is 0 Å². The second-order valence-electron chi connectivity index (χ2n) is 4.47. The largest absolute Gasteiger partial charge is 0.323 e. The van der Waals surface area contributed by atoms with E-state index in [2.05, 4.69) is 5.32 Å². The molecule has 1 aromatic rings. The van der Waals surface area contributed by atoms with Crippen LogP contribution in [0.4, 0.5) is 5.69 Å². The average molecular weight is 310 g/mol. The number of nitrogens with two attached hydrogens (primary N) is 1. The molecule has 0 aliphatic rings. The van der Waals surface area contributed by atoms with Gasteiger partial charge in [0.25, 0.3) is 0 Å². The first-order valence-corrected chi connectivity index (χ1v) is 6.65. The van der Waals surface area contributed by atoms with Gasteiger partial charge in [0.2, 0.25) is 5.91 Å². The number of benzene rings is 1. The zero-order valence-corrected chi connectivity index (χ0v) is 12.4. The summed E-state index contributed by atoms with van der Waals surface area (Å²) in [6.07, 6.45) is 0.602. The van der Waals surface area contributed by atoms with Gasteiger partial charge < -0.3 is 11.1 Å². The predicted octanol–water partition coefficient (Wildman–Crippen LogP) is 3.96. The Bertz CT molecular complexity index is 449. The Kier molecular flexibility index (Phi) is 5.73. The molecule has 1 atom stereocenters. The average Bonchev–Trinajstić information content (AvgIpc) is 2.24. The summed E-state index contributed by atoms with van der Waals surface area (Å²) in [6.45, 7) is 4.00.